The number of primary sulfonamides is 1. The van der Waals surface area contributed by atoms with Crippen LogP contribution in [-0.2, 0) is 14.8 Å². The largest absolute Gasteiger partial charge is 0.383 e. The van der Waals surface area contributed by atoms with Gasteiger partial charge in [0, 0.05) is 18.7 Å². The Labute approximate surface area is 106 Å². The van der Waals surface area contributed by atoms with Crippen molar-refractivity contribution in [2.75, 3.05) is 13.7 Å². The summed E-state index contributed by atoms with van der Waals surface area (Å²) >= 11 is 0. The highest BCUT2D eigenvalue weighted by Crippen LogP contribution is 2.08. The predicted octanol–water partition coefficient (Wildman–Crippen LogP) is 0.0987. The molecule has 1 rings (SSSR count). The van der Waals surface area contributed by atoms with Gasteiger partial charge in [-0.05, 0) is 31.2 Å². The van der Waals surface area contributed by atoms with Gasteiger partial charge in [0.05, 0.1) is 11.5 Å². The Bertz CT molecular complexity index is 510. The average molecular weight is 272 g/mol. The van der Waals surface area contributed by atoms with Crippen molar-refractivity contribution < 1.29 is 17.9 Å². The summed E-state index contributed by atoms with van der Waals surface area (Å²) in [6, 6.07) is 5.29. The molecule has 0 spiro atoms. The molecule has 0 heterocycles. The number of amides is 1. The minimum absolute atomic E-state index is 0.0241. The number of hydrogen-bond acceptors (Lipinski definition) is 4. The summed E-state index contributed by atoms with van der Waals surface area (Å²) in [5, 5.41) is 7.67. The topological polar surface area (TPSA) is 98.5 Å². The number of nitrogens with two attached hydrogens (primary N) is 1. The lowest BCUT2D eigenvalue weighted by Crippen LogP contribution is -2.35. The maximum atomic E-state index is 11.7. The third-order valence-electron chi connectivity index (χ3n) is 2.24. The highest BCUT2D eigenvalue weighted by atomic mass is 32.2. The second kappa shape index (κ2) is 5.94. The highest BCUT2D eigenvalue weighted by molar-refractivity contribution is 7.89. The van der Waals surface area contributed by atoms with E-state index < -0.39 is 10.0 Å². The van der Waals surface area contributed by atoms with Crippen LogP contribution in [0.5, 0.6) is 0 Å². The molecule has 7 heteroatoms. The van der Waals surface area contributed by atoms with Crippen molar-refractivity contribution >= 4 is 15.9 Å². The van der Waals surface area contributed by atoms with Crippen LogP contribution in [0.25, 0.3) is 0 Å². The van der Waals surface area contributed by atoms with E-state index in [9.17, 15) is 13.2 Å². The van der Waals surface area contributed by atoms with Gasteiger partial charge in [-0.2, -0.15) is 0 Å². The molecular formula is C11H16N2O4S. The highest BCUT2D eigenvalue weighted by Gasteiger charge is 2.12. The van der Waals surface area contributed by atoms with Gasteiger partial charge in [0.25, 0.3) is 5.91 Å². The molecule has 0 fully saturated rings. The molecule has 18 heavy (non-hydrogen) atoms. The summed E-state index contributed by atoms with van der Waals surface area (Å²) in [5.41, 5.74) is 0.366. The molecule has 100 valence electrons. The number of hydrogen-bond donors (Lipinski definition) is 2. The molecule has 3 N–H and O–H groups in total. The molecule has 1 aromatic carbocycles. The van der Waals surface area contributed by atoms with Crippen molar-refractivity contribution in [2.45, 2.75) is 17.9 Å². The summed E-state index contributed by atoms with van der Waals surface area (Å²) in [7, 11) is -2.18. The third kappa shape index (κ3) is 4.10. The molecule has 1 amide bonds. The maximum Gasteiger partial charge on any atom is 0.251 e. The van der Waals surface area contributed by atoms with E-state index in [1.807, 2.05) is 0 Å². The van der Waals surface area contributed by atoms with Gasteiger partial charge in [0.15, 0.2) is 0 Å². The van der Waals surface area contributed by atoms with Crippen LogP contribution in [0.4, 0.5) is 0 Å². The van der Waals surface area contributed by atoms with Gasteiger partial charge in [-0.25, -0.2) is 13.6 Å². The van der Waals surface area contributed by atoms with Crippen LogP contribution in [0.1, 0.15) is 17.3 Å². The maximum absolute atomic E-state index is 11.7. The van der Waals surface area contributed by atoms with Crippen molar-refractivity contribution in [3.63, 3.8) is 0 Å². The van der Waals surface area contributed by atoms with Gasteiger partial charge in [-0.15, -0.1) is 0 Å². The second-order valence-corrected chi connectivity index (χ2v) is 5.46. The molecular weight excluding hydrogens is 256 g/mol. The third-order valence-corrected chi connectivity index (χ3v) is 3.17. The van der Waals surface area contributed by atoms with E-state index >= 15 is 0 Å². The Morgan fingerprint density at radius 3 is 2.39 bits per heavy atom. The van der Waals surface area contributed by atoms with Crippen molar-refractivity contribution in [3.8, 4) is 0 Å². The molecule has 1 unspecified atom stereocenters. The lowest BCUT2D eigenvalue weighted by molar-refractivity contribution is 0.0905. The zero-order valence-electron chi connectivity index (χ0n) is 10.2. The number of benzene rings is 1. The van der Waals surface area contributed by atoms with E-state index in [0.717, 1.165) is 0 Å². The zero-order chi connectivity index (χ0) is 13.8. The van der Waals surface area contributed by atoms with Gasteiger partial charge < -0.3 is 10.1 Å². The van der Waals surface area contributed by atoms with E-state index in [-0.39, 0.29) is 16.8 Å². The Balaban J connectivity index is 2.77. The average Bonchev–Trinajstić information content (AvgIpc) is 2.28. The van der Waals surface area contributed by atoms with Crippen LogP contribution < -0.4 is 10.5 Å². The van der Waals surface area contributed by atoms with Crippen molar-refractivity contribution in [1.82, 2.24) is 5.32 Å². The van der Waals surface area contributed by atoms with Crippen LogP contribution in [0, 0.1) is 0 Å². The minimum atomic E-state index is -3.73. The lowest BCUT2D eigenvalue weighted by atomic mass is 10.2. The summed E-state index contributed by atoms with van der Waals surface area (Å²) in [5.74, 6) is -0.291. The summed E-state index contributed by atoms with van der Waals surface area (Å²) < 4.78 is 27.0. The fourth-order valence-electron chi connectivity index (χ4n) is 1.39. The Hall–Kier alpha value is -1.44. The van der Waals surface area contributed by atoms with E-state index in [2.05, 4.69) is 5.32 Å². The Morgan fingerprint density at radius 2 is 1.94 bits per heavy atom. The first-order chi connectivity index (χ1) is 8.34. The van der Waals surface area contributed by atoms with Gasteiger partial charge in [0.1, 0.15) is 0 Å². The summed E-state index contributed by atoms with van der Waals surface area (Å²) in [6.07, 6.45) is 0. The molecule has 0 bridgehead atoms. The fraction of sp³-hybridized carbons (Fsp3) is 0.364. The van der Waals surface area contributed by atoms with Gasteiger partial charge >= 0.3 is 0 Å². The normalized spacial score (nSPS) is 13.1. The summed E-state index contributed by atoms with van der Waals surface area (Å²) in [4.78, 5) is 11.7. The summed E-state index contributed by atoms with van der Waals surface area (Å²) in [6.45, 7) is 2.21. The van der Waals surface area contributed by atoms with E-state index in [0.29, 0.717) is 12.2 Å². The number of carbonyl (C=O) groups is 1. The van der Waals surface area contributed by atoms with Crippen LogP contribution in [0.15, 0.2) is 29.2 Å². The smallest absolute Gasteiger partial charge is 0.251 e. The number of rotatable bonds is 5. The van der Waals surface area contributed by atoms with E-state index in [1.54, 1.807) is 14.0 Å². The Kier molecular flexibility index (Phi) is 4.83. The Morgan fingerprint density at radius 1 is 1.39 bits per heavy atom. The van der Waals surface area contributed by atoms with E-state index in [4.69, 9.17) is 9.88 Å². The number of sulfonamides is 1. The molecule has 0 saturated carbocycles. The number of nitrogens with one attached hydrogen (secondary N) is 1. The van der Waals surface area contributed by atoms with Gasteiger partial charge in [0.2, 0.25) is 10.0 Å². The monoisotopic (exact) mass is 272 g/mol. The van der Waals surface area contributed by atoms with Crippen molar-refractivity contribution in [1.29, 1.82) is 0 Å². The molecule has 0 aliphatic rings. The van der Waals surface area contributed by atoms with E-state index in [1.165, 1.54) is 24.3 Å². The molecule has 0 aliphatic heterocycles. The lowest BCUT2D eigenvalue weighted by Gasteiger charge is -2.12. The molecule has 6 nitrogen and oxygen atoms in total. The first kappa shape index (κ1) is 14.6. The first-order valence-electron chi connectivity index (χ1n) is 5.27. The van der Waals surface area contributed by atoms with Crippen molar-refractivity contribution in [3.05, 3.63) is 29.8 Å². The van der Waals surface area contributed by atoms with Crippen molar-refractivity contribution in [2.24, 2.45) is 5.14 Å². The molecule has 0 radical (unpaired) electrons. The second-order valence-electron chi connectivity index (χ2n) is 3.90. The molecule has 0 saturated heterocycles. The zero-order valence-corrected chi connectivity index (χ0v) is 11.0. The fourth-order valence-corrected chi connectivity index (χ4v) is 1.91. The number of methoxy groups -OCH3 is 1. The SMILES string of the molecule is COCC(C)NC(=O)c1ccc(S(N)(=O)=O)cc1. The minimum Gasteiger partial charge on any atom is -0.383 e. The molecule has 0 aromatic heterocycles. The van der Waals surface area contributed by atoms with Crippen LogP contribution in [0.2, 0.25) is 0 Å². The molecule has 0 aliphatic carbocycles. The standard InChI is InChI=1S/C11H16N2O4S/c1-8(7-17-2)13-11(14)9-3-5-10(6-4-9)18(12,15)16/h3-6,8H,7H2,1-2H3,(H,13,14)(H2,12,15,16). The van der Waals surface area contributed by atoms with Crippen LogP contribution >= 0.6 is 0 Å². The molecule has 1 aromatic rings. The number of carbonyl (C=O) groups excluding carboxylic acids is 1. The molecule has 1 atom stereocenters. The first-order valence-corrected chi connectivity index (χ1v) is 6.82. The van der Waals surface area contributed by atoms with Crippen LogP contribution in [-0.4, -0.2) is 34.1 Å². The van der Waals surface area contributed by atoms with Gasteiger partial charge in [-0.1, -0.05) is 0 Å². The quantitative estimate of drug-likeness (QED) is 0.794. The van der Waals surface area contributed by atoms with Gasteiger partial charge in [-0.3, -0.25) is 4.79 Å². The number of ether oxygens (including phenoxy) is 1. The van der Waals surface area contributed by atoms with Crippen LogP contribution in [0.3, 0.4) is 0 Å². The predicted molar refractivity (Wildman–Crippen MR) is 66.6 cm³/mol.